The molecule has 2 heterocycles. The number of likely N-dealkylation sites (tertiary alicyclic amines) is 1. The Bertz CT molecular complexity index is 1070. The number of rotatable bonds is 6. The first-order valence-electron chi connectivity index (χ1n) is 11.3. The normalized spacial score (nSPS) is 21.3. The molecule has 0 radical (unpaired) electrons. The van der Waals surface area contributed by atoms with E-state index in [0.717, 1.165) is 17.7 Å². The van der Waals surface area contributed by atoms with Crippen LogP contribution in [0.25, 0.3) is 0 Å². The van der Waals surface area contributed by atoms with Crippen LogP contribution in [0.3, 0.4) is 0 Å². The van der Waals surface area contributed by atoms with E-state index in [1.54, 1.807) is 4.90 Å². The van der Waals surface area contributed by atoms with Crippen molar-refractivity contribution in [2.24, 2.45) is 5.92 Å². The van der Waals surface area contributed by atoms with E-state index in [2.05, 4.69) is 10.6 Å². The number of halogens is 3. The lowest BCUT2D eigenvalue weighted by atomic mass is 9.74. The van der Waals surface area contributed by atoms with E-state index in [1.165, 1.54) is 12.1 Å². The van der Waals surface area contributed by atoms with Crippen LogP contribution < -0.4 is 10.6 Å². The molecule has 2 aromatic rings. The van der Waals surface area contributed by atoms with Gasteiger partial charge in [-0.1, -0.05) is 48.5 Å². The standard InChI is InChI=1S/C25H26F3N3O3/c26-25(27,28)20-8-4-7-18(15-20)16-21(32)31-13-10-19(11-14-31)24(22(33)29-23(34)30-24)12-9-17-5-2-1-3-6-17/h1-8,15,19H,9-14,16H2,(H2,29,30,33,34)/t24-/m1/s1. The van der Waals surface area contributed by atoms with Gasteiger partial charge in [0.2, 0.25) is 5.91 Å². The molecule has 9 heteroatoms. The van der Waals surface area contributed by atoms with Gasteiger partial charge in [0.05, 0.1) is 12.0 Å². The molecule has 2 aliphatic rings. The van der Waals surface area contributed by atoms with Crippen molar-refractivity contribution in [3.05, 3.63) is 71.3 Å². The second-order valence-corrected chi connectivity index (χ2v) is 8.90. The molecule has 6 nitrogen and oxygen atoms in total. The maximum Gasteiger partial charge on any atom is 0.416 e. The van der Waals surface area contributed by atoms with E-state index in [1.807, 2.05) is 30.3 Å². The van der Waals surface area contributed by atoms with Crippen LogP contribution in [0, 0.1) is 5.92 Å². The minimum atomic E-state index is -4.46. The van der Waals surface area contributed by atoms with Crippen molar-refractivity contribution in [1.82, 2.24) is 15.5 Å². The van der Waals surface area contributed by atoms with Crippen LogP contribution in [0.1, 0.15) is 36.0 Å². The second kappa shape index (κ2) is 9.48. The van der Waals surface area contributed by atoms with Crippen LogP contribution in [-0.2, 0) is 28.6 Å². The number of carbonyl (C=O) groups excluding carboxylic acids is 3. The van der Waals surface area contributed by atoms with Crippen molar-refractivity contribution in [1.29, 1.82) is 0 Å². The number of benzene rings is 2. The quantitative estimate of drug-likeness (QED) is 0.628. The van der Waals surface area contributed by atoms with E-state index in [-0.39, 0.29) is 24.2 Å². The van der Waals surface area contributed by atoms with Crippen LogP contribution in [0.4, 0.5) is 18.0 Å². The van der Waals surface area contributed by atoms with Crippen molar-refractivity contribution in [3.8, 4) is 0 Å². The number of urea groups is 1. The summed E-state index contributed by atoms with van der Waals surface area (Å²) < 4.78 is 38.9. The molecule has 0 bridgehead atoms. The first-order chi connectivity index (χ1) is 16.2. The summed E-state index contributed by atoms with van der Waals surface area (Å²) in [6.45, 7) is 0.747. The predicted octanol–water partition coefficient (Wildman–Crippen LogP) is 3.70. The summed E-state index contributed by atoms with van der Waals surface area (Å²) in [5.41, 5.74) is -0.448. The lowest BCUT2D eigenvalue weighted by Crippen LogP contribution is -2.56. The molecule has 2 fully saturated rings. The Hall–Kier alpha value is -3.36. The number of hydrogen-bond donors (Lipinski definition) is 2. The highest BCUT2D eigenvalue weighted by Gasteiger charge is 2.52. The Balaban J connectivity index is 1.40. The highest BCUT2D eigenvalue weighted by molar-refractivity contribution is 6.07. The average molecular weight is 473 g/mol. The first-order valence-corrected chi connectivity index (χ1v) is 11.3. The number of aryl methyl sites for hydroxylation is 1. The zero-order valence-electron chi connectivity index (χ0n) is 18.5. The second-order valence-electron chi connectivity index (χ2n) is 8.90. The van der Waals surface area contributed by atoms with Gasteiger partial charge in [0, 0.05) is 13.1 Å². The summed E-state index contributed by atoms with van der Waals surface area (Å²) in [6.07, 6.45) is -2.50. The van der Waals surface area contributed by atoms with Gasteiger partial charge in [-0.15, -0.1) is 0 Å². The number of nitrogens with one attached hydrogen (secondary N) is 2. The number of amides is 4. The van der Waals surface area contributed by atoms with Crippen molar-refractivity contribution >= 4 is 17.8 Å². The monoisotopic (exact) mass is 473 g/mol. The SMILES string of the molecule is O=C1NC(=O)[C@@](CCc2ccccc2)(C2CCN(C(=O)Cc3cccc(C(F)(F)F)c3)CC2)N1. The molecule has 4 rings (SSSR count). The molecule has 4 amide bonds. The molecule has 1 atom stereocenters. The van der Waals surface area contributed by atoms with Gasteiger partial charge in [-0.2, -0.15) is 13.2 Å². The van der Waals surface area contributed by atoms with Gasteiger partial charge in [-0.05, 0) is 48.8 Å². The van der Waals surface area contributed by atoms with Crippen LogP contribution >= 0.6 is 0 Å². The van der Waals surface area contributed by atoms with Gasteiger partial charge in [0.1, 0.15) is 5.54 Å². The van der Waals surface area contributed by atoms with E-state index >= 15 is 0 Å². The van der Waals surface area contributed by atoms with E-state index in [4.69, 9.17) is 0 Å². The Morgan fingerprint density at radius 3 is 2.29 bits per heavy atom. The number of carbonyl (C=O) groups is 3. The van der Waals surface area contributed by atoms with Gasteiger partial charge in [0.15, 0.2) is 0 Å². The van der Waals surface area contributed by atoms with Crippen molar-refractivity contribution in [2.45, 2.75) is 43.8 Å². The van der Waals surface area contributed by atoms with Gasteiger partial charge in [0.25, 0.3) is 5.91 Å². The van der Waals surface area contributed by atoms with E-state index in [9.17, 15) is 27.6 Å². The maximum absolute atomic E-state index is 13.0. The highest BCUT2D eigenvalue weighted by atomic mass is 19.4. The molecular weight excluding hydrogens is 447 g/mol. The average Bonchev–Trinajstić information content (AvgIpc) is 3.12. The fraction of sp³-hybridized carbons (Fsp3) is 0.400. The highest BCUT2D eigenvalue weighted by Crippen LogP contribution is 2.35. The Kier molecular flexibility index (Phi) is 6.63. The Morgan fingerprint density at radius 2 is 1.68 bits per heavy atom. The summed E-state index contributed by atoms with van der Waals surface area (Å²) in [7, 11) is 0. The van der Waals surface area contributed by atoms with Crippen molar-refractivity contribution in [2.75, 3.05) is 13.1 Å². The summed E-state index contributed by atoms with van der Waals surface area (Å²) in [5, 5.41) is 5.22. The molecule has 34 heavy (non-hydrogen) atoms. The van der Waals surface area contributed by atoms with Crippen LogP contribution in [0.5, 0.6) is 0 Å². The minimum Gasteiger partial charge on any atom is -0.342 e. The summed E-state index contributed by atoms with van der Waals surface area (Å²) in [5.74, 6) is -0.751. The molecule has 0 saturated carbocycles. The third kappa shape index (κ3) is 5.08. The molecule has 2 saturated heterocycles. The molecule has 2 aromatic carbocycles. The molecule has 2 aliphatic heterocycles. The largest absolute Gasteiger partial charge is 0.416 e. The van der Waals surface area contributed by atoms with Gasteiger partial charge < -0.3 is 10.2 Å². The smallest absolute Gasteiger partial charge is 0.342 e. The van der Waals surface area contributed by atoms with E-state index < -0.39 is 23.3 Å². The zero-order chi connectivity index (χ0) is 24.3. The Morgan fingerprint density at radius 1 is 1.00 bits per heavy atom. The van der Waals surface area contributed by atoms with Gasteiger partial charge in [-0.3, -0.25) is 14.9 Å². The summed E-state index contributed by atoms with van der Waals surface area (Å²) in [4.78, 5) is 39.2. The van der Waals surface area contributed by atoms with Gasteiger partial charge >= 0.3 is 12.2 Å². The fourth-order valence-electron chi connectivity index (χ4n) is 4.92. The van der Waals surface area contributed by atoms with Crippen LogP contribution in [0.2, 0.25) is 0 Å². The van der Waals surface area contributed by atoms with E-state index in [0.29, 0.717) is 44.3 Å². The minimum absolute atomic E-state index is 0.120. The number of nitrogens with zero attached hydrogens (tertiary/aromatic N) is 1. The van der Waals surface area contributed by atoms with Gasteiger partial charge in [-0.25, -0.2) is 4.79 Å². The molecule has 0 spiro atoms. The topological polar surface area (TPSA) is 78.5 Å². The lowest BCUT2D eigenvalue weighted by Gasteiger charge is -2.40. The van der Waals surface area contributed by atoms with Crippen LogP contribution in [0.15, 0.2) is 54.6 Å². The van der Waals surface area contributed by atoms with Crippen LogP contribution in [-0.4, -0.2) is 41.4 Å². The predicted molar refractivity (Wildman–Crippen MR) is 119 cm³/mol. The van der Waals surface area contributed by atoms with Crippen molar-refractivity contribution in [3.63, 3.8) is 0 Å². The third-order valence-corrected chi connectivity index (χ3v) is 6.77. The summed E-state index contributed by atoms with van der Waals surface area (Å²) >= 11 is 0. The number of hydrogen-bond acceptors (Lipinski definition) is 3. The summed E-state index contributed by atoms with van der Waals surface area (Å²) in [6, 6.07) is 14.0. The number of imide groups is 1. The molecule has 0 unspecified atom stereocenters. The molecule has 2 N–H and O–H groups in total. The number of piperidine rings is 1. The fourth-order valence-corrected chi connectivity index (χ4v) is 4.92. The zero-order valence-corrected chi connectivity index (χ0v) is 18.5. The maximum atomic E-state index is 13.0. The molecule has 0 aliphatic carbocycles. The lowest BCUT2D eigenvalue weighted by molar-refractivity contribution is -0.138. The number of alkyl halides is 3. The Labute approximate surface area is 195 Å². The van der Waals surface area contributed by atoms with Crippen molar-refractivity contribution < 1.29 is 27.6 Å². The molecular formula is C25H26F3N3O3. The third-order valence-electron chi connectivity index (χ3n) is 6.77. The molecule has 180 valence electrons. The first kappa shape index (κ1) is 23.8. The molecule has 0 aromatic heterocycles.